The van der Waals surface area contributed by atoms with Crippen LogP contribution in [0.2, 0.25) is 0 Å². The van der Waals surface area contributed by atoms with Crippen LogP contribution in [0.5, 0.6) is 0 Å². The maximum absolute atomic E-state index is 12.8. The van der Waals surface area contributed by atoms with Crippen LogP contribution in [-0.4, -0.2) is 0 Å². The number of hydrogen-bond acceptors (Lipinski definition) is 0. The van der Waals surface area contributed by atoms with E-state index in [0.717, 1.165) is 7.14 Å². The molecule has 0 aliphatic heterocycles. The van der Waals surface area contributed by atoms with E-state index in [-0.39, 0.29) is 5.82 Å². The average Bonchev–Trinajstić information content (AvgIpc) is 1.84. The molecule has 0 saturated heterocycles. The van der Waals surface area contributed by atoms with Gasteiger partial charge in [-0.3, -0.25) is 0 Å². The van der Waals surface area contributed by atoms with Gasteiger partial charge in [0.05, 0.1) is 0 Å². The molecule has 0 nitrogen and oxygen atoms in total. The zero-order valence-electron chi connectivity index (χ0n) is 5.29. The van der Waals surface area contributed by atoms with Crippen molar-refractivity contribution in [3.63, 3.8) is 0 Å². The predicted octanol–water partition coefficient (Wildman–Crippen LogP) is 3.34. The third kappa shape index (κ3) is 1.81. The van der Waals surface area contributed by atoms with Crippen LogP contribution >= 0.6 is 45.2 Å². The lowest BCUT2D eigenvalue weighted by Crippen LogP contribution is -1.86. The zero-order chi connectivity index (χ0) is 7.72. The molecule has 0 saturated carbocycles. The molecule has 0 amide bonds. The Morgan fingerprint density at radius 1 is 1.20 bits per heavy atom. The van der Waals surface area contributed by atoms with Gasteiger partial charge in [-0.25, -0.2) is 4.39 Å². The van der Waals surface area contributed by atoms with E-state index in [1.807, 2.05) is 6.07 Å². The van der Waals surface area contributed by atoms with Gasteiger partial charge in [-0.05, 0) is 69.8 Å². The Kier molecular flexibility index (Phi) is 2.91. The Bertz CT molecular complexity index is 208. The molecule has 1 rings (SSSR count). The molecule has 0 radical (unpaired) electrons. The van der Waals surface area contributed by atoms with Gasteiger partial charge >= 0.3 is 0 Å². The third-order valence-corrected chi connectivity index (χ3v) is 4.02. The summed E-state index contributed by atoms with van der Waals surface area (Å²) in [6.45, 7) is 1.77. The molecular weight excluding hydrogens is 357 g/mol. The molecule has 1 aromatic carbocycles. The Labute approximate surface area is 86.5 Å². The maximum atomic E-state index is 12.8. The van der Waals surface area contributed by atoms with Crippen LogP contribution in [0.4, 0.5) is 4.39 Å². The van der Waals surface area contributed by atoms with Gasteiger partial charge in [0, 0.05) is 7.14 Å². The number of halogens is 3. The molecule has 0 bridgehead atoms. The van der Waals surface area contributed by atoms with Crippen LogP contribution in [0.15, 0.2) is 12.1 Å². The van der Waals surface area contributed by atoms with Gasteiger partial charge in [0.25, 0.3) is 0 Å². The zero-order valence-corrected chi connectivity index (χ0v) is 9.60. The Hall–Kier alpha value is 0.610. The topological polar surface area (TPSA) is 0 Å². The highest BCUT2D eigenvalue weighted by Gasteiger charge is 2.00. The molecule has 0 unspecified atom stereocenters. The standard InChI is InChI=1S/C7H5FI2/c1-4-2-6(9)7(10)3-5(4)8/h2-3H,1H3. The summed E-state index contributed by atoms with van der Waals surface area (Å²) in [4.78, 5) is 0. The van der Waals surface area contributed by atoms with E-state index >= 15 is 0 Å². The normalized spacial score (nSPS) is 10.0. The van der Waals surface area contributed by atoms with Crippen LogP contribution in [0.3, 0.4) is 0 Å². The Morgan fingerprint density at radius 3 is 2.20 bits per heavy atom. The van der Waals surface area contributed by atoms with Gasteiger partial charge in [-0.2, -0.15) is 0 Å². The van der Waals surface area contributed by atoms with Gasteiger partial charge in [-0.1, -0.05) is 0 Å². The highest BCUT2D eigenvalue weighted by Crippen LogP contribution is 2.18. The van der Waals surface area contributed by atoms with Gasteiger partial charge in [0.2, 0.25) is 0 Å². The highest BCUT2D eigenvalue weighted by molar-refractivity contribution is 14.1. The first-order valence-corrected chi connectivity index (χ1v) is 4.88. The SMILES string of the molecule is Cc1cc(I)c(I)cc1F. The molecule has 0 heterocycles. The van der Waals surface area contributed by atoms with Gasteiger partial charge < -0.3 is 0 Å². The average molecular weight is 362 g/mol. The summed E-state index contributed by atoms with van der Waals surface area (Å²) in [5, 5.41) is 0. The second kappa shape index (κ2) is 3.34. The lowest BCUT2D eigenvalue weighted by Gasteiger charge is -1.98. The molecule has 0 aliphatic rings. The Morgan fingerprint density at radius 2 is 1.70 bits per heavy atom. The largest absolute Gasteiger partial charge is 0.207 e. The van der Waals surface area contributed by atoms with Gasteiger partial charge in [0.1, 0.15) is 5.82 Å². The van der Waals surface area contributed by atoms with E-state index in [1.165, 1.54) is 0 Å². The van der Waals surface area contributed by atoms with E-state index < -0.39 is 0 Å². The first-order valence-electron chi connectivity index (χ1n) is 2.72. The van der Waals surface area contributed by atoms with Crippen LogP contribution in [0.1, 0.15) is 5.56 Å². The minimum absolute atomic E-state index is 0.121. The minimum atomic E-state index is -0.121. The number of aryl methyl sites for hydroxylation is 1. The molecule has 0 fully saturated rings. The lowest BCUT2D eigenvalue weighted by molar-refractivity contribution is 0.617. The fraction of sp³-hybridized carbons (Fsp3) is 0.143. The monoisotopic (exact) mass is 362 g/mol. The Balaban J connectivity index is 3.28. The smallest absolute Gasteiger partial charge is 0.127 e. The predicted molar refractivity (Wildman–Crippen MR) is 56.6 cm³/mol. The maximum Gasteiger partial charge on any atom is 0.127 e. The van der Waals surface area contributed by atoms with Crippen molar-refractivity contribution in [2.24, 2.45) is 0 Å². The molecule has 0 aromatic heterocycles. The molecule has 0 aliphatic carbocycles. The van der Waals surface area contributed by atoms with Crippen molar-refractivity contribution in [1.29, 1.82) is 0 Å². The second-order valence-corrected chi connectivity index (χ2v) is 4.34. The fourth-order valence-electron chi connectivity index (χ4n) is 0.622. The molecule has 0 spiro atoms. The van der Waals surface area contributed by atoms with E-state index in [9.17, 15) is 4.39 Å². The number of hydrogen-bond donors (Lipinski definition) is 0. The van der Waals surface area contributed by atoms with Crippen molar-refractivity contribution in [1.82, 2.24) is 0 Å². The summed E-state index contributed by atoms with van der Waals surface area (Å²) in [6, 6.07) is 3.40. The van der Waals surface area contributed by atoms with Crippen LogP contribution in [-0.2, 0) is 0 Å². The summed E-state index contributed by atoms with van der Waals surface area (Å²) in [5.74, 6) is -0.121. The number of benzene rings is 1. The van der Waals surface area contributed by atoms with E-state index in [0.29, 0.717) is 5.56 Å². The molecule has 54 valence electrons. The van der Waals surface area contributed by atoms with Gasteiger partial charge in [0.15, 0.2) is 0 Å². The van der Waals surface area contributed by atoms with Crippen molar-refractivity contribution >= 4 is 45.2 Å². The quantitative estimate of drug-likeness (QED) is 0.491. The first-order chi connectivity index (χ1) is 4.61. The molecule has 3 heteroatoms. The van der Waals surface area contributed by atoms with E-state index in [1.54, 1.807) is 13.0 Å². The van der Waals surface area contributed by atoms with E-state index in [2.05, 4.69) is 45.2 Å². The first kappa shape index (κ1) is 8.70. The van der Waals surface area contributed by atoms with Gasteiger partial charge in [-0.15, -0.1) is 0 Å². The summed E-state index contributed by atoms with van der Waals surface area (Å²) < 4.78 is 14.8. The minimum Gasteiger partial charge on any atom is -0.207 e. The number of rotatable bonds is 0. The van der Waals surface area contributed by atoms with Crippen LogP contribution < -0.4 is 0 Å². The summed E-state index contributed by atoms with van der Waals surface area (Å²) in [6.07, 6.45) is 0. The summed E-state index contributed by atoms with van der Waals surface area (Å²) in [7, 11) is 0. The highest BCUT2D eigenvalue weighted by atomic mass is 127. The fourth-order valence-corrected chi connectivity index (χ4v) is 1.67. The molecular formula is C7H5FI2. The molecule has 0 atom stereocenters. The van der Waals surface area contributed by atoms with Crippen molar-refractivity contribution in [3.05, 3.63) is 30.7 Å². The van der Waals surface area contributed by atoms with Crippen molar-refractivity contribution in [2.75, 3.05) is 0 Å². The summed E-state index contributed by atoms with van der Waals surface area (Å²) in [5.41, 5.74) is 0.713. The van der Waals surface area contributed by atoms with Crippen LogP contribution in [0.25, 0.3) is 0 Å². The van der Waals surface area contributed by atoms with Crippen molar-refractivity contribution in [2.45, 2.75) is 6.92 Å². The van der Waals surface area contributed by atoms with E-state index in [4.69, 9.17) is 0 Å². The van der Waals surface area contributed by atoms with Crippen LogP contribution in [0, 0.1) is 19.9 Å². The van der Waals surface area contributed by atoms with Crippen molar-refractivity contribution in [3.8, 4) is 0 Å². The lowest BCUT2D eigenvalue weighted by atomic mass is 10.2. The second-order valence-electron chi connectivity index (χ2n) is 2.02. The molecule has 1 aromatic rings. The molecule has 10 heavy (non-hydrogen) atoms. The molecule has 0 N–H and O–H groups in total. The van der Waals surface area contributed by atoms with Crippen molar-refractivity contribution < 1.29 is 4.39 Å². The summed E-state index contributed by atoms with van der Waals surface area (Å²) >= 11 is 4.31. The third-order valence-electron chi connectivity index (χ3n) is 1.20.